The Bertz CT molecular complexity index is 1710. The van der Waals surface area contributed by atoms with Gasteiger partial charge in [0.15, 0.2) is 5.69 Å². The first-order chi connectivity index (χ1) is 17.6. The molecule has 186 valence electrons. The van der Waals surface area contributed by atoms with Crippen LogP contribution >= 0.6 is 27.3 Å². The summed E-state index contributed by atoms with van der Waals surface area (Å²) in [6.07, 6.45) is 2.93. The van der Waals surface area contributed by atoms with E-state index in [-0.39, 0.29) is 47.6 Å². The van der Waals surface area contributed by atoms with Crippen LogP contribution in [0.2, 0.25) is 0 Å². The molecule has 0 spiro atoms. The molecule has 4 heterocycles. The number of halogens is 3. The third-order valence-corrected chi connectivity index (χ3v) is 7.41. The van der Waals surface area contributed by atoms with E-state index in [0.29, 0.717) is 20.8 Å². The number of nitriles is 1. The molecule has 8 nitrogen and oxygen atoms in total. The highest BCUT2D eigenvalue weighted by Crippen LogP contribution is 2.37. The largest absolute Gasteiger partial charge is 0.335 e. The minimum absolute atomic E-state index is 0.0184. The van der Waals surface area contributed by atoms with E-state index in [2.05, 4.69) is 37.9 Å². The van der Waals surface area contributed by atoms with Crippen LogP contribution < -0.4 is 5.56 Å². The number of nitrogens with zero attached hydrogens (tertiary/aromatic N) is 6. The summed E-state index contributed by atoms with van der Waals surface area (Å²) >= 11 is 4.40. The van der Waals surface area contributed by atoms with Gasteiger partial charge in [0.05, 0.1) is 34.2 Å². The normalized spacial score (nSPS) is 14.1. The number of carbonyl (C=O) groups excluding carboxylic acids is 1. The Morgan fingerprint density at radius 1 is 1.32 bits per heavy atom. The fourth-order valence-electron chi connectivity index (χ4n) is 4.04. The molecule has 12 heteroatoms. The lowest BCUT2D eigenvalue weighted by Crippen LogP contribution is -2.60. The van der Waals surface area contributed by atoms with E-state index in [4.69, 9.17) is 5.26 Å². The van der Waals surface area contributed by atoms with Crippen molar-refractivity contribution in [1.82, 2.24) is 24.2 Å². The van der Waals surface area contributed by atoms with E-state index in [0.717, 1.165) is 0 Å². The van der Waals surface area contributed by atoms with E-state index < -0.39 is 17.0 Å². The zero-order valence-corrected chi connectivity index (χ0v) is 21.7. The summed E-state index contributed by atoms with van der Waals surface area (Å²) in [7, 11) is 0. The number of amides is 1. The van der Waals surface area contributed by atoms with Gasteiger partial charge in [-0.1, -0.05) is 17.9 Å². The van der Waals surface area contributed by atoms with Gasteiger partial charge in [-0.05, 0) is 46.6 Å². The van der Waals surface area contributed by atoms with E-state index >= 15 is 0 Å². The van der Waals surface area contributed by atoms with Crippen LogP contribution in [0.1, 0.15) is 17.5 Å². The molecule has 1 amide bonds. The Kier molecular flexibility index (Phi) is 6.40. The van der Waals surface area contributed by atoms with Gasteiger partial charge in [-0.2, -0.15) is 10.4 Å². The fraction of sp³-hybridized carbons (Fsp3) is 0.240. The number of aromatic nitrogens is 4. The molecule has 0 bridgehead atoms. The summed E-state index contributed by atoms with van der Waals surface area (Å²) < 4.78 is 30.7. The van der Waals surface area contributed by atoms with Gasteiger partial charge in [0.1, 0.15) is 35.5 Å². The summed E-state index contributed by atoms with van der Waals surface area (Å²) in [4.78, 5) is 32.8. The van der Waals surface area contributed by atoms with Crippen molar-refractivity contribution in [3.63, 3.8) is 0 Å². The van der Waals surface area contributed by atoms with Crippen molar-refractivity contribution >= 4 is 43.4 Å². The van der Waals surface area contributed by atoms with Gasteiger partial charge < -0.3 is 4.90 Å². The van der Waals surface area contributed by atoms with Gasteiger partial charge in [-0.3, -0.25) is 18.8 Å². The minimum Gasteiger partial charge on any atom is -0.335 e. The number of likely N-dealkylation sites (tertiary alicyclic amines) is 1. The molecule has 0 saturated carbocycles. The second-order valence-electron chi connectivity index (χ2n) is 8.77. The monoisotopic (exact) mass is 582 g/mol. The second-order valence-corrected chi connectivity index (χ2v) is 10.6. The van der Waals surface area contributed by atoms with E-state index in [1.165, 1.54) is 44.8 Å². The first kappa shape index (κ1) is 24.8. The predicted octanol–water partition coefficient (Wildman–Crippen LogP) is 3.72. The molecule has 4 aromatic rings. The summed E-state index contributed by atoms with van der Waals surface area (Å²) in [5.41, 5.74) is -0.569. The van der Waals surface area contributed by atoms with Crippen molar-refractivity contribution < 1.29 is 13.6 Å². The lowest BCUT2D eigenvalue weighted by Gasteiger charge is -2.42. The van der Waals surface area contributed by atoms with Gasteiger partial charge in [-0.15, -0.1) is 11.3 Å². The van der Waals surface area contributed by atoms with Crippen molar-refractivity contribution in [2.45, 2.75) is 25.7 Å². The van der Waals surface area contributed by atoms with Gasteiger partial charge in [0.2, 0.25) is 5.91 Å². The Labute approximate surface area is 221 Å². The molecule has 5 rings (SSSR count). The molecule has 1 aliphatic heterocycles. The van der Waals surface area contributed by atoms with E-state index in [1.54, 1.807) is 24.4 Å². The van der Waals surface area contributed by atoms with Crippen LogP contribution in [0.3, 0.4) is 0 Å². The topological polar surface area (TPSA) is 96.8 Å². The summed E-state index contributed by atoms with van der Waals surface area (Å²) in [6, 6.07) is 7.91. The molecule has 0 radical (unpaired) electrons. The highest BCUT2D eigenvalue weighted by Gasteiger charge is 2.41. The van der Waals surface area contributed by atoms with Crippen molar-refractivity contribution in [2.75, 3.05) is 13.1 Å². The molecule has 0 unspecified atom stereocenters. The van der Waals surface area contributed by atoms with Crippen LogP contribution in [0.4, 0.5) is 8.78 Å². The molecule has 1 fully saturated rings. The lowest BCUT2D eigenvalue weighted by atomic mass is 9.99. The number of hydrogen-bond donors (Lipinski definition) is 0. The number of fused-ring (bicyclic) bond motifs is 1. The van der Waals surface area contributed by atoms with Crippen LogP contribution in [0, 0.1) is 29.0 Å². The molecular weight excluding hydrogens is 566 g/mol. The molecule has 3 aromatic heterocycles. The maximum Gasteiger partial charge on any atom is 0.263 e. The zero-order valence-electron chi connectivity index (χ0n) is 19.3. The van der Waals surface area contributed by atoms with E-state index in [1.807, 2.05) is 6.07 Å². The summed E-state index contributed by atoms with van der Waals surface area (Å²) in [6.45, 7) is 1.32. The minimum atomic E-state index is -1.42. The SMILES string of the molecule is CC1(F)CN(C(=O)Cn2cnc3sc(C#CCn4ccc(C#N)n4)c(-c4ccc(F)c(Br)c4)c3c2=O)C1. The zero-order chi connectivity index (χ0) is 26.3. The fourth-order valence-corrected chi connectivity index (χ4v) is 5.44. The Morgan fingerprint density at radius 2 is 2.11 bits per heavy atom. The average molecular weight is 583 g/mol. The molecule has 0 atom stereocenters. The lowest BCUT2D eigenvalue weighted by molar-refractivity contribution is -0.144. The highest BCUT2D eigenvalue weighted by atomic mass is 79.9. The van der Waals surface area contributed by atoms with Crippen LogP contribution in [0.5, 0.6) is 0 Å². The number of alkyl halides is 1. The molecular formula is C25H17BrF2N6O2S. The molecule has 0 N–H and O–H groups in total. The van der Waals surface area contributed by atoms with Gasteiger partial charge in [0.25, 0.3) is 5.56 Å². The number of thiophene rings is 1. The van der Waals surface area contributed by atoms with Crippen LogP contribution in [-0.2, 0) is 17.9 Å². The van der Waals surface area contributed by atoms with Crippen LogP contribution in [-0.4, -0.2) is 48.9 Å². The first-order valence-corrected chi connectivity index (χ1v) is 12.6. The van der Waals surface area contributed by atoms with Crippen molar-refractivity contribution in [3.05, 3.63) is 68.0 Å². The third-order valence-electron chi connectivity index (χ3n) is 5.78. The third kappa shape index (κ3) is 4.90. The maximum absolute atomic E-state index is 14.0. The quantitative estimate of drug-likeness (QED) is 0.342. The summed E-state index contributed by atoms with van der Waals surface area (Å²) in [5.74, 6) is 5.21. The second kappa shape index (κ2) is 9.54. The first-order valence-electron chi connectivity index (χ1n) is 11.0. The number of carbonyl (C=O) groups is 1. The van der Waals surface area contributed by atoms with Gasteiger partial charge >= 0.3 is 0 Å². The number of hydrogen-bond acceptors (Lipinski definition) is 6. The van der Waals surface area contributed by atoms with Crippen LogP contribution in [0.25, 0.3) is 21.3 Å². The van der Waals surface area contributed by atoms with Crippen LogP contribution in [0.15, 0.2) is 46.1 Å². The smallest absolute Gasteiger partial charge is 0.263 e. The summed E-state index contributed by atoms with van der Waals surface area (Å²) in [5, 5.41) is 13.3. The number of benzene rings is 1. The Hall–Kier alpha value is -3.87. The van der Waals surface area contributed by atoms with Crippen molar-refractivity contribution in [1.29, 1.82) is 5.26 Å². The maximum atomic E-state index is 14.0. The highest BCUT2D eigenvalue weighted by molar-refractivity contribution is 9.10. The molecule has 37 heavy (non-hydrogen) atoms. The molecule has 0 aliphatic carbocycles. The Morgan fingerprint density at radius 3 is 2.78 bits per heavy atom. The van der Waals surface area contributed by atoms with Crippen molar-refractivity contribution in [3.8, 4) is 29.0 Å². The predicted molar refractivity (Wildman–Crippen MR) is 137 cm³/mol. The number of rotatable bonds is 4. The Balaban J connectivity index is 1.56. The van der Waals surface area contributed by atoms with E-state index in [9.17, 15) is 18.4 Å². The molecule has 1 aliphatic rings. The molecule has 1 aromatic carbocycles. The molecule has 1 saturated heterocycles. The van der Waals surface area contributed by atoms with Gasteiger partial charge in [-0.25, -0.2) is 13.8 Å². The average Bonchev–Trinajstić information content (AvgIpc) is 3.46. The van der Waals surface area contributed by atoms with Crippen molar-refractivity contribution in [2.24, 2.45) is 0 Å². The standard InChI is InChI=1S/C25H17BrF2N6O2S/c1-25(28)12-33(13-25)20(35)11-32-14-30-23-22(24(32)36)21(15-4-5-18(27)17(26)9-15)19(37-23)3-2-7-34-8-6-16(10-29)31-34/h4-6,8-9,14H,7,11-13H2,1H3. The van der Waals surface area contributed by atoms with Gasteiger partial charge in [0, 0.05) is 11.8 Å².